The molecular formula is C12H17NO6S2. The van der Waals surface area contributed by atoms with Gasteiger partial charge in [0.2, 0.25) is 10.0 Å². The van der Waals surface area contributed by atoms with E-state index >= 15 is 0 Å². The van der Waals surface area contributed by atoms with Crippen LogP contribution in [0.5, 0.6) is 0 Å². The zero-order valence-electron chi connectivity index (χ0n) is 11.2. The normalized spacial score (nSPS) is 25.3. The van der Waals surface area contributed by atoms with E-state index in [0.717, 1.165) is 4.31 Å². The highest BCUT2D eigenvalue weighted by Gasteiger charge is 2.44. The van der Waals surface area contributed by atoms with Gasteiger partial charge in [0, 0.05) is 6.54 Å². The van der Waals surface area contributed by atoms with Crippen molar-refractivity contribution in [2.24, 2.45) is 0 Å². The van der Waals surface area contributed by atoms with Crippen molar-refractivity contribution in [1.82, 2.24) is 4.31 Å². The predicted octanol–water partition coefficient (Wildman–Crippen LogP) is -1.17. The van der Waals surface area contributed by atoms with E-state index in [1.165, 1.54) is 12.1 Å². The molecule has 0 spiro atoms. The third-order valence-electron chi connectivity index (χ3n) is 3.33. The molecule has 21 heavy (non-hydrogen) atoms. The SMILES string of the molecule is O=S1(=O)C[C@@H](O)[C@H](N(CCO)S(=O)(=O)c2ccccc2)C1. The fraction of sp³-hybridized carbons (Fsp3) is 0.500. The molecule has 1 aliphatic rings. The van der Waals surface area contributed by atoms with Gasteiger partial charge in [0.05, 0.1) is 35.2 Å². The Balaban J connectivity index is 2.40. The second kappa shape index (κ2) is 6.01. The molecule has 1 aromatic rings. The summed E-state index contributed by atoms with van der Waals surface area (Å²) in [5.41, 5.74) is 0. The number of sulfonamides is 1. The van der Waals surface area contributed by atoms with Gasteiger partial charge in [-0.05, 0) is 12.1 Å². The zero-order valence-corrected chi connectivity index (χ0v) is 12.8. The number of hydrogen-bond acceptors (Lipinski definition) is 6. The fourth-order valence-corrected chi connectivity index (χ4v) is 5.94. The van der Waals surface area contributed by atoms with Crippen molar-refractivity contribution in [3.63, 3.8) is 0 Å². The fourth-order valence-electron chi connectivity index (χ4n) is 2.38. The van der Waals surface area contributed by atoms with Gasteiger partial charge in [0.1, 0.15) is 0 Å². The molecule has 0 aliphatic carbocycles. The van der Waals surface area contributed by atoms with Gasteiger partial charge in [-0.3, -0.25) is 0 Å². The van der Waals surface area contributed by atoms with Gasteiger partial charge in [-0.25, -0.2) is 16.8 Å². The summed E-state index contributed by atoms with van der Waals surface area (Å²) in [5, 5.41) is 19.0. The van der Waals surface area contributed by atoms with Crippen LogP contribution in [0.2, 0.25) is 0 Å². The monoisotopic (exact) mass is 335 g/mol. The van der Waals surface area contributed by atoms with Crippen molar-refractivity contribution in [2.75, 3.05) is 24.7 Å². The zero-order chi connectivity index (χ0) is 15.7. The Hall–Kier alpha value is -1.00. The third-order valence-corrected chi connectivity index (χ3v) is 6.97. The number of rotatable bonds is 5. The minimum Gasteiger partial charge on any atom is -0.395 e. The van der Waals surface area contributed by atoms with E-state index in [1.54, 1.807) is 18.2 Å². The predicted molar refractivity (Wildman–Crippen MR) is 75.9 cm³/mol. The molecule has 0 aromatic heterocycles. The third kappa shape index (κ3) is 3.43. The average molecular weight is 335 g/mol. The van der Waals surface area contributed by atoms with Crippen LogP contribution >= 0.6 is 0 Å². The minimum absolute atomic E-state index is 0.00468. The standard InChI is InChI=1S/C12H17NO6S2/c14-7-6-13(11-8-20(16,17)9-12(11)15)21(18,19)10-4-2-1-3-5-10/h1-5,11-12,14-15H,6-9H2/t11-,12-/m1/s1. The molecule has 2 N–H and O–H groups in total. The van der Waals surface area contributed by atoms with Crippen molar-refractivity contribution < 1.29 is 27.0 Å². The molecule has 1 saturated heterocycles. The average Bonchev–Trinajstić information content (AvgIpc) is 2.70. The second-order valence-corrected chi connectivity index (χ2v) is 8.91. The summed E-state index contributed by atoms with van der Waals surface area (Å²) in [6, 6.07) is 6.44. The molecule has 0 radical (unpaired) electrons. The lowest BCUT2D eigenvalue weighted by molar-refractivity contribution is 0.117. The first-order valence-electron chi connectivity index (χ1n) is 6.34. The topological polar surface area (TPSA) is 112 Å². The Kier molecular flexibility index (Phi) is 4.69. The molecule has 1 aliphatic heterocycles. The second-order valence-electron chi connectivity index (χ2n) is 4.86. The van der Waals surface area contributed by atoms with Crippen LogP contribution in [0.3, 0.4) is 0 Å². The summed E-state index contributed by atoms with van der Waals surface area (Å²) >= 11 is 0. The van der Waals surface area contributed by atoms with Crippen LogP contribution in [0.1, 0.15) is 0 Å². The molecule has 0 bridgehead atoms. The molecule has 0 amide bonds. The maximum Gasteiger partial charge on any atom is 0.243 e. The van der Waals surface area contributed by atoms with Crippen LogP contribution < -0.4 is 0 Å². The smallest absolute Gasteiger partial charge is 0.243 e. The summed E-state index contributed by atoms with van der Waals surface area (Å²) in [5.74, 6) is -0.913. The summed E-state index contributed by atoms with van der Waals surface area (Å²) in [4.78, 5) is -0.00468. The van der Waals surface area contributed by atoms with Gasteiger partial charge in [-0.2, -0.15) is 4.31 Å². The lowest BCUT2D eigenvalue weighted by atomic mass is 10.2. The number of aliphatic hydroxyl groups is 2. The maximum absolute atomic E-state index is 12.6. The molecular weight excluding hydrogens is 318 g/mol. The number of sulfone groups is 1. The van der Waals surface area contributed by atoms with Gasteiger partial charge in [0.25, 0.3) is 0 Å². The van der Waals surface area contributed by atoms with Crippen molar-refractivity contribution in [1.29, 1.82) is 0 Å². The molecule has 9 heteroatoms. The van der Waals surface area contributed by atoms with Crippen LogP contribution in [0, 0.1) is 0 Å². The van der Waals surface area contributed by atoms with Gasteiger partial charge in [-0.15, -0.1) is 0 Å². The highest BCUT2D eigenvalue weighted by Crippen LogP contribution is 2.25. The highest BCUT2D eigenvalue weighted by atomic mass is 32.2. The van der Waals surface area contributed by atoms with E-state index in [9.17, 15) is 21.9 Å². The van der Waals surface area contributed by atoms with Gasteiger partial charge < -0.3 is 10.2 Å². The van der Waals surface area contributed by atoms with E-state index in [0.29, 0.717) is 0 Å². The van der Waals surface area contributed by atoms with Gasteiger partial charge >= 0.3 is 0 Å². The molecule has 7 nitrogen and oxygen atoms in total. The molecule has 1 fully saturated rings. The molecule has 2 atom stereocenters. The first kappa shape index (κ1) is 16.4. The molecule has 118 valence electrons. The van der Waals surface area contributed by atoms with E-state index in [1.807, 2.05) is 0 Å². The van der Waals surface area contributed by atoms with E-state index < -0.39 is 50.1 Å². The molecule has 0 unspecified atom stereocenters. The molecule has 1 heterocycles. The molecule has 1 aromatic carbocycles. The quantitative estimate of drug-likeness (QED) is 0.701. The minimum atomic E-state index is -3.98. The van der Waals surface area contributed by atoms with E-state index in [-0.39, 0.29) is 11.4 Å². The van der Waals surface area contributed by atoms with Crippen molar-refractivity contribution in [2.45, 2.75) is 17.0 Å². The Morgan fingerprint density at radius 3 is 2.29 bits per heavy atom. The Bertz CT molecular complexity index is 686. The van der Waals surface area contributed by atoms with Crippen LogP contribution in [-0.2, 0) is 19.9 Å². The van der Waals surface area contributed by atoms with Gasteiger partial charge in [-0.1, -0.05) is 18.2 Å². The Morgan fingerprint density at radius 2 is 1.81 bits per heavy atom. The lowest BCUT2D eigenvalue weighted by Gasteiger charge is -2.28. The lowest BCUT2D eigenvalue weighted by Crippen LogP contribution is -2.47. The first-order valence-corrected chi connectivity index (χ1v) is 9.60. The maximum atomic E-state index is 12.6. The summed E-state index contributed by atoms with van der Waals surface area (Å²) in [6.07, 6.45) is -1.29. The summed E-state index contributed by atoms with van der Waals surface area (Å²) in [7, 11) is -7.47. The number of hydrogen-bond donors (Lipinski definition) is 2. The summed E-state index contributed by atoms with van der Waals surface area (Å²) in [6.45, 7) is -0.732. The number of benzene rings is 1. The summed E-state index contributed by atoms with van der Waals surface area (Å²) < 4.78 is 49.2. The Morgan fingerprint density at radius 1 is 1.19 bits per heavy atom. The van der Waals surface area contributed by atoms with E-state index in [2.05, 4.69) is 0 Å². The van der Waals surface area contributed by atoms with Crippen LogP contribution in [-0.4, -0.2) is 68.2 Å². The Labute approximate surface area is 123 Å². The first-order chi connectivity index (χ1) is 9.78. The van der Waals surface area contributed by atoms with Crippen molar-refractivity contribution >= 4 is 19.9 Å². The molecule has 2 rings (SSSR count). The highest BCUT2D eigenvalue weighted by molar-refractivity contribution is 7.92. The number of nitrogens with zero attached hydrogens (tertiary/aromatic N) is 1. The van der Waals surface area contributed by atoms with Crippen molar-refractivity contribution in [3.8, 4) is 0 Å². The van der Waals surface area contributed by atoms with Gasteiger partial charge in [0.15, 0.2) is 9.84 Å². The van der Waals surface area contributed by atoms with Crippen LogP contribution in [0.15, 0.2) is 35.2 Å². The molecule has 0 saturated carbocycles. The van der Waals surface area contributed by atoms with Crippen molar-refractivity contribution in [3.05, 3.63) is 30.3 Å². The van der Waals surface area contributed by atoms with Crippen LogP contribution in [0.4, 0.5) is 0 Å². The van der Waals surface area contributed by atoms with Crippen LogP contribution in [0.25, 0.3) is 0 Å². The van der Waals surface area contributed by atoms with E-state index in [4.69, 9.17) is 5.11 Å². The number of aliphatic hydroxyl groups excluding tert-OH is 2. The largest absolute Gasteiger partial charge is 0.395 e.